The van der Waals surface area contributed by atoms with Gasteiger partial charge in [0, 0.05) is 5.56 Å². The van der Waals surface area contributed by atoms with Crippen molar-refractivity contribution in [2.24, 2.45) is 5.92 Å². The van der Waals surface area contributed by atoms with Crippen molar-refractivity contribution in [3.63, 3.8) is 0 Å². The summed E-state index contributed by atoms with van der Waals surface area (Å²) in [7, 11) is 0. The number of carboxylic acids is 1. The second-order valence-electron chi connectivity index (χ2n) is 5.07. The van der Waals surface area contributed by atoms with Crippen LogP contribution < -0.4 is 0 Å². The lowest BCUT2D eigenvalue weighted by molar-refractivity contribution is 0.0696. The van der Waals surface area contributed by atoms with Crippen LogP contribution in [0.1, 0.15) is 35.5 Å². The first-order valence-corrected chi connectivity index (χ1v) is 6.28. The fraction of sp³-hybridized carbons (Fsp3) is 0.333. The molecule has 19 heavy (non-hydrogen) atoms. The summed E-state index contributed by atoms with van der Waals surface area (Å²) < 4.78 is 5.13. The van der Waals surface area contributed by atoms with Crippen LogP contribution in [0.5, 0.6) is 0 Å². The maximum Gasteiger partial charge on any atom is 0.341 e. The number of aromatic carboxylic acids is 1. The van der Waals surface area contributed by atoms with Crippen LogP contribution in [0.15, 0.2) is 28.8 Å². The van der Waals surface area contributed by atoms with Crippen LogP contribution in [0.3, 0.4) is 0 Å². The summed E-state index contributed by atoms with van der Waals surface area (Å²) in [4.78, 5) is 11.2. The molecule has 0 amide bonds. The maximum absolute atomic E-state index is 11.2. The lowest BCUT2D eigenvalue weighted by Crippen LogP contribution is -1.99. The molecule has 0 fully saturated rings. The van der Waals surface area contributed by atoms with Gasteiger partial charge in [0.2, 0.25) is 0 Å². The molecule has 0 aliphatic rings. The van der Waals surface area contributed by atoms with E-state index in [0.717, 1.165) is 12.0 Å². The van der Waals surface area contributed by atoms with E-state index in [1.807, 2.05) is 24.3 Å². The van der Waals surface area contributed by atoms with Gasteiger partial charge >= 0.3 is 5.97 Å². The minimum atomic E-state index is -1.01. The summed E-state index contributed by atoms with van der Waals surface area (Å²) in [6, 6.07) is 7.76. The predicted molar refractivity (Wildman–Crippen MR) is 72.2 cm³/mol. The van der Waals surface area contributed by atoms with Crippen molar-refractivity contribution >= 4 is 5.97 Å². The minimum Gasteiger partial charge on any atom is -0.477 e. The summed E-state index contributed by atoms with van der Waals surface area (Å²) in [5.74, 6) is -0.103. The van der Waals surface area contributed by atoms with Gasteiger partial charge in [-0.1, -0.05) is 43.3 Å². The van der Waals surface area contributed by atoms with Crippen molar-refractivity contribution in [2.45, 2.75) is 27.2 Å². The zero-order valence-corrected chi connectivity index (χ0v) is 11.3. The Kier molecular flexibility index (Phi) is 3.69. The van der Waals surface area contributed by atoms with Crippen LogP contribution in [0.25, 0.3) is 11.3 Å². The molecule has 0 saturated carbocycles. The Bertz CT molecular complexity index is 582. The number of carboxylic acid groups (broad SMARTS) is 1. The molecule has 4 heteroatoms. The predicted octanol–water partition coefficient (Wildman–Crippen LogP) is 3.55. The van der Waals surface area contributed by atoms with Crippen molar-refractivity contribution in [3.05, 3.63) is 41.1 Å². The van der Waals surface area contributed by atoms with E-state index in [1.54, 1.807) is 6.92 Å². The summed E-state index contributed by atoms with van der Waals surface area (Å²) in [5.41, 5.74) is 2.50. The van der Waals surface area contributed by atoms with Crippen LogP contribution in [0, 0.1) is 12.8 Å². The Hall–Kier alpha value is -2.10. The second kappa shape index (κ2) is 5.26. The Morgan fingerprint density at radius 2 is 1.95 bits per heavy atom. The third-order valence-corrected chi connectivity index (χ3v) is 2.94. The molecule has 0 aliphatic heterocycles. The molecule has 0 radical (unpaired) electrons. The van der Waals surface area contributed by atoms with E-state index in [9.17, 15) is 9.90 Å². The number of nitrogens with zero attached hydrogens (tertiary/aromatic N) is 1. The molecule has 100 valence electrons. The van der Waals surface area contributed by atoms with E-state index in [-0.39, 0.29) is 5.56 Å². The largest absolute Gasteiger partial charge is 0.477 e. The normalized spacial score (nSPS) is 10.9. The molecule has 1 heterocycles. The molecule has 0 saturated heterocycles. The Morgan fingerprint density at radius 1 is 1.32 bits per heavy atom. The Balaban J connectivity index is 2.35. The van der Waals surface area contributed by atoms with E-state index >= 15 is 0 Å². The first-order chi connectivity index (χ1) is 8.99. The van der Waals surface area contributed by atoms with Gasteiger partial charge in [-0.05, 0) is 24.8 Å². The zero-order valence-electron chi connectivity index (χ0n) is 11.3. The average molecular weight is 259 g/mol. The molecule has 1 N–H and O–H groups in total. The molecule has 1 aromatic carbocycles. The van der Waals surface area contributed by atoms with Crippen LogP contribution in [-0.2, 0) is 6.42 Å². The zero-order chi connectivity index (χ0) is 14.0. The average Bonchev–Trinajstić information content (AvgIpc) is 2.71. The smallest absolute Gasteiger partial charge is 0.341 e. The molecule has 2 aromatic rings. The Morgan fingerprint density at radius 3 is 2.47 bits per heavy atom. The van der Waals surface area contributed by atoms with Gasteiger partial charge in [0.1, 0.15) is 5.56 Å². The topological polar surface area (TPSA) is 63.3 Å². The molecular formula is C15H17NO3. The molecule has 0 spiro atoms. The molecule has 0 aliphatic carbocycles. The van der Waals surface area contributed by atoms with Gasteiger partial charge < -0.3 is 9.63 Å². The monoisotopic (exact) mass is 259 g/mol. The fourth-order valence-electron chi connectivity index (χ4n) is 2.08. The number of hydrogen-bond acceptors (Lipinski definition) is 3. The standard InChI is InChI=1S/C15H17NO3/c1-9(2)8-11-4-6-12(7-5-11)14-13(15(17)18)10(3)16-19-14/h4-7,9H,8H2,1-3H3,(H,17,18). The van der Waals surface area contributed by atoms with Gasteiger partial charge in [0.15, 0.2) is 5.76 Å². The molecule has 0 bridgehead atoms. The van der Waals surface area contributed by atoms with Crippen molar-refractivity contribution in [1.82, 2.24) is 5.16 Å². The number of aryl methyl sites for hydroxylation is 1. The first kappa shape index (κ1) is 13.3. The van der Waals surface area contributed by atoms with Gasteiger partial charge in [-0.15, -0.1) is 0 Å². The number of hydrogen-bond donors (Lipinski definition) is 1. The molecule has 2 rings (SSSR count). The van der Waals surface area contributed by atoms with E-state index in [1.165, 1.54) is 5.56 Å². The molecule has 0 atom stereocenters. The quantitative estimate of drug-likeness (QED) is 0.912. The van der Waals surface area contributed by atoms with Gasteiger partial charge in [0.25, 0.3) is 0 Å². The SMILES string of the molecule is Cc1noc(-c2ccc(CC(C)C)cc2)c1C(=O)O. The number of carbonyl (C=O) groups is 1. The summed E-state index contributed by atoms with van der Waals surface area (Å²) >= 11 is 0. The highest BCUT2D eigenvalue weighted by atomic mass is 16.5. The third-order valence-electron chi connectivity index (χ3n) is 2.94. The van der Waals surface area contributed by atoms with Crippen molar-refractivity contribution < 1.29 is 14.4 Å². The number of rotatable bonds is 4. The highest BCUT2D eigenvalue weighted by Gasteiger charge is 2.20. The lowest BCUT2D eigenvalue weighted by Gasteiger charge is -2.05. The summed E-state index contributed by atoms with van der Waals surface area (Å²) in [5, 5.41) is 12.9. The van der Waals surface area contributed by atoms with Gasteiger partial charge in [-0.25, -0.2) is 4.79 Å². The molecular weight excluding hydrogens is 242 g/mol. The fourth-order valence-corrected chi connectivity index (χ4v) is 2.08. The van der Waals surface area contributed by atoms with E-state index < -0.39 is 5.97 Å². The summed E-state index contributed by atoms with van der Waals surface area (Å²) in [6.07, 6.45) is 1.00. The maximum atomic E-state index is 11.2. The minimum absolute atomic E-state index is 0.136. The van der Waals surface area contributed by atoms with Crippen LogP contribution in [0.4, 0.5) is 0 Å². The van der Waals surface area contributed by atoms with Crippen molar-refractivity contribution in [2.75, 3.05) is 0 Å². The number of benzene rings is 1. The van der Waals surface area contributed by atoms with E-state index in [4.69, 9.17) is 4.52 Å². The summed E-state index contributed by atoms with van der Waals surface area (Å²) in [6.45, 7) is 5.95. The van der Waals surface area contributed by atoms with E-state index in [0.29, 0.717) is 17.4 Å². The highest BCUT2D eigenvalue weighted by Crippen LogP contribution is 2.26. The first-order valence-electron chi connectivity index (χ1n) is 6.28. The van der Waals surface area contributed by atoms with Crippen LogP contribution in [0.2, 0.25) is 0 Å². The molecule has 1 aromatic heterocycles. The van der Waals surface area contributed by atoms with Gasteiger partial charge in [-0.2, -0.15) is 0 Å². The molecule has 0 unspecified atom stereocenters. The van der Waals surface area contributed by atoms with Crippen LogP contribution >= 0.6 is 0 Å². The Labute approximate surface area is 112 Å². The lowest BCUT2D eigenvalue weighted by atomic mass is 10.00. The van der Waals surface area contributed by atoms with Gasteiger partial charge in [0.05, 0.1) is 5.69 Å². The van der Waals surface area contributed by atoms with Crippen molar-refractivity contribution in [1.29, 1.82) is 0 Å². The van der Waals surface area contributed by atoms with Crippen molar-refractivity contribution in [3.8, 4) is 11.3 Å². The second-order valence-corrected chi connectivity index (χ2v) is 5.07. The highest BCUT2D eigenvalue weighted by molar-refractivity contribution is 5.95. The van der Waals surface area contributed by atoms with E-state index in [2.05, 4.69) is 19.0 Å². The van der Waals surface area contributed by atoms with Gasteiger partial charge in [-0.3, -0.25) is 0 Å². The number of aromatic nitrogens is 1. The molecule has 4 nitrogen and oxygen atoms in total. The van der Waals surface area contributed by atoms with Crippen LogP contribution in [-0.4, -0.2) is 16.2 Å². The third kappa shape index (κ3) is 2.84.